The minimum absolute atomic E-state index is 0.674. The summed E-state index contributed by atoms with van der Waals surface area (Å²) < 4.78 is 0.958. The molecular formula is C11H14BrN3. The van der Waals surface area contributed by atoms with Crippen LogP contribution in [-0.4, -0.2) is 27.2 Å². The third-order valence-electron chi connectivity index (χ3n) is 2.19. The summed E-state index contributed by atoms with van der Waals surface area (Å²) in [7, 11) is 3.96. The zero-order valence-corrected chi connectivity index (χ0v) is 10.5. The van der Waals surface area contributed by atoms with Gasteiger partial charge in [-0.25, -0.2) is 0 Å². The second kappa shape index (κ2) is 5.74. The molecular weight excluding hydrogens is 254 g/mol. The third-order valence-corrected chi connectivity index (χ3v) is 2.82. The first-order valence-electron chi connectivity index (χ1n) is 4.74. The van der Waals surface area contributed by atoms with Crippen molar-refractivity contribution in [1.29, 1.82) is 5.26 Å². The predicted octanol–water partition coefficient (Wildman–Crippen LogP) is 1.98. The smallest absolute Gasteiger partial charge is 0.0992 e. The van der Waals surface area contributed by atoms with Crippen LogP contribution in [0.15, 0.2) is 22.7 Å². The normalized spacial score (nSPS) is 9.73. The zero-order chi connectivity index (χ0) is 11.3. The Balaban J connectivity index is 2.82. The summed E-state index contributed by atoms with van der Waals surface area (Å²) in [6, 6.07) is 7.74. The van der Waals surface area contributed by atoms with Crippen LogP contribution in [0.5, 0.6) is 0 Å². The van der Waals surface area contributed by atoms with Crippen LogP contribution in [0.1, 0.15) is 5.56 Å². The summed E-state index contributed by atoms with van der Waals surface area (Å²) >= 11 is 3.47. The van der Waals surface area contributed by atoms with E-state index < -0.39 is 0 Å². The van der Waals surface area contributed by atoms with Crippen molar-refractivity contribution < 1.29 is 0 Å². The molecule has 0 bridgehead atoms. The highest BCUT2D eigenvalue weighted by Crippen LogP contribution is 2.25. The monoisotopic (exact) mass is 267 g/mol. The molecule has 1 aromatic rings. The van der Waals surface area contributed by atoms with Crippen molar-refractivity contribution >= 4 is 21.6 Å². The van der Waals surface area contributed by atoms with Crippen LogP contribution in [-0.2, 0) is 0 Å². The lowest BCUT2D eigenvalue weighted by atomic mass is 10.2. The molecule has 3 nitrogen and oxygen atoms in total. The van der Waals surface area contributed by atoms with E-state index in [2.05, 4.69) is 32.2 Å². The lowest BCUT2D eigenvalue weighted by Gasteiger charge is -2.20. The molecule has 0 saturated carbocycles. The Morgan fingerprint density at radius 3 is 2.80 bits per heavy atom. The lowest BCUT2D eigenvalue weighted by Crippen LogP contribution is -2.27. The van der Waals surface area contributed by atoms with E-state index in [1.807, 2.05) is 32.3 Å². The van der Waals surface area contributed by atoms with E-state index in [0.29, 0.717) is 5.56 Å². The van der Waals surface area contributed by atoms with E-state index in [-0.39, 0.29) is 0 Å². The Labute approximate surface area is 98.8 Å². The number of hydrogen-bond donors (Lipinski definition) is 1. The molecule has 80 valence electrons. The molecule has 0 atom stereocenters. The van der Waals surface area contributed by atoms with Crippen LogP contribution in [0.2, 0.25) is 0 Å². The largest absolute Gasteiger partial charge is 0.372 e. The minimum atomic E-state index is 0.674. The molecule has 0 unspecified atom stereocenters. The fourth-order valence-electron chi connectivity index (χ4n) is 1.29. The van der Waals surface area contributed by atoms with Crippen LogP contribution in [0.3, 0.4) is 0 Å². The number of nitrogens with one attached hydrogen (secondary N) is 1. The fraction of sp³-hybridized carbons (Fsp3) is 0.364. The van der Waals surface area contributed by atoms with Crippen molar-refractivity contribution in [2.45, 2.75) is 0 Å². The van der Waals surface area contributed by atoms with Gasteiger partial charge in [0.25, 0.3) is 0 Å². The lowest BCUT2D eigenvalue weighted by molar-refractivity contribution is 0.767. The van der Waals surface area contributed by atoms with Crippen molar-refractivity contribution in [2.75, 3.05) is 32.1 Å². The highest BCUT2D eigenvalue weighted by atomic mass is 79.9. The van der Waals surface area contributed by atoms with Gasteiger partial charge in [-0.3, -0.25) is 0 Å². The summed E-state index contributed by atoms with van der Waals surface area (Å²) in [5.41, 5.74) is 1.77. The Bertz CT molecular complexity index is 371. The van der Waals surface area contributed by atoms with Gasteiger partial charge in [0.05, 0.1) is 17.3 Å². The Morgan fingerprint density at radius 2 is 2.27 bits per heavy atom. The van der Waals surface area contributed by atoms with Gasteiger partial charge < -0.3 is 10.2 Å². The van der Waals surface area contributed by atoms with Gasteiger partial charge in [0.1, 0.15) is 0 Å². The summed E-state index contributed by atoms with van der Waals surface area (Å²) in [4.78, 5) is 2.14. The van der Waals surface area contributed by atoms with Crippen molar-refractivity contribution in [3.05, 3.63) is 28.2 Å². The van der Waals surface area contributed by atoms with Gasteiger partial charge in [0.2, 0.25) is 0 Å². The Kier molecular flexibility index (Phi) is 4.60. The highest BCUT2D eigenvalue weighted by Gasteiger charge is 2.05. The van der Waals surface area contributed by atoms with Gasteiger partial charge in [-0.1, -0.05) is 0 Å². The van der Waals surface area contributed by atoms with Crippen molar-refractivity contribution in [1.82, 2.24) is 5.32 Å². The number of nitrogens with zero attached hydrogens (tertiary/aromatic N) is 2. The molecule has 1 N–H and O–H groups in total. The summed E-state index contributed by atoms with van der Waals surface area (Å²) in [6.07, 6.45) is 0. The van der Waals surface area contributed by atoms with Gasteiger partial charge in [0, 0.05) is 24.6 Å². The second-order valence-corrected chi connectivity index (χ2v) is 4.16. The first kappa shape index (κ1) is 12.0. The highest BCUT2D eigenvalue weighted by molar-refractivity contribution is 9.10. The Morgan fingerprint density at radius 1 is 1.53 bits per heavy atom. The van der Waals surface area contributed by atoms with Gasteiger partial charge >= 0.3 is 0 Å². The first-order chi connectivity index (χ1) is 7.19. The van der Waals surface area contributed by atoms with Gasteiger partial charge in [-0.2, -0.15) is 5.26 Å². The molecule has 0 radical (unpaired) electrons. The molecule has 0 heterocycles. The molecule has 0 fully saturated rings. The Hall–Kier alpha value is -1.05. The molecule has 1 aromatic carbocycles. The molecule has 4 heteroatoms. The number of benzene rings is 1. The summed E-state index contributed by atoms with van der Waals surface area (Å²) in [5, 5.41) is 11.8. The number of rotatable bonds is 4. The molecule has 0 amide bonds. The van der Waals surface area contributed by atoms with E-state index >= 15 is 0 Å². The maximum Gasteiger partial charge on any atom is 0.0992 e. The van der Waals surface area contributed by atoms with E-state index in [9.17, 15) is 0 Å². The molecule has 0 aromatic heterocycles. The van der Waals surface area contributed by atoms with Crippen LogP contribution in [0.25, 0.3) is 0 Å². The molecule has 0 spiro atoms. The van der Waals surface area contributed by atoms with E-state index in [1.54, 1.807) is 0 Å². The molecule has 0 aliphatic rings. The molecule has 1 rings (SSSR count). The van der Waals surface area contributed by atoms with Gasteiger partial charge in [-0.05, 0) is 41.2 Å². The maximum atomic E-state index is 8.74. The van der Waals surface area contributed by atoms with Gasteiger partial charge in [-0.15, -0.1) is 0 Å². The number of hydrogen-bond acceptors (Lipinski definition) is 3. The zero-order valence-electron chi connectivity index (χ0n) is 8.92. The number of likely N-dealkylation sites (N-methyl/N-ethyl adjacent to an activating group) is 2. The number of halogens is 1. The SMILES string of the molecule is CNCCN(C)c1ccc(C#N)cc1Br. The van der Waals surface area contributed by atoms with E-state index in [4.69, 9.17) is 5.26 Å². The van der Waals surface area contributed by atoms with Crippen molar-refractivity contribution in [3.63, 3.8) is 0 Å². The first-order valence-corrected chi connectivity index (χ1v) is 5.53. The molecule has 0 saturated heterocycles. The number of anilines is 1. The summed E-state index contributed by atoms with van der Waals surface area (Å²) in [5.74, 6) is 0. The van der Waals surface area contributed by atoms with Crippen LogP contribution >= 0.6 is 15.9 Å². The average molecular weight is 268 g/mol. The second-order valence-electron chi connectivity index (χ2n) is 3.30. The standard InChI is InChI=1S/C11H14BrN3/c1-14-5-6-15(2)11-4-3-9(8-13)7-10(11)12/h3-4,7,14H,5-6H2,1-2H3. The van der Waals surface area contributed by atoms with Gasteiger partial charge in [0.15, 0.2) is 0 Å². The van der Waals surface area contributed by atoms with Crippen LogP contribution in [0.4, 0.5) is 5.69 Å². The van der Waals surface area contributed by atoms with Crippen LogP contribution < -0.4 is 10.2 Å². The van der Waals surface area contributed by atoms with E-state index in [1.165, 1.54) is 0 Å². The molecule has 0 aliphatic carbocycles. The van der Waals surface area contributed by atoms with Crippen molar-refractivity contribution in [3.8, 4) is 6.07 Å². The quantitative estimate of drug-likeness (QED) is 0.907. The molecule has 0 aliphatic heterocycles. The number of nitriles is 1. The fourth-order valence-corrected chi connectivity index (χ4v) is 1.97. The third kappa shape index (κ3) is 3.22. The van der Waals surface area contributed by atoms with Crippen LogP contribution in [0, 0.1) is 11.3 Å². The minimum Gasteiger partial charge on any atom is -0.372 e. The predicted molar refractivity (Wildman–Crippen MR) is 66.1 cm³/mol. The van der Waals surface area contributed by atoms with E-state index in [0.717, 1.165) is 23.2 Å². The topological polar surface area (TPSA) is 39.1 Å². The molecule has 15 heavy (non-hydrogen) atoms. The maximum absolute atomic E-state index is 8.74. The summed E-state index contributed by atoms with van der Waals surface area (Å²) in [6.45, 7) is 1.87. The van der Waals surface area contributed by atoms with Crippen molar-refractivity contribution in [2.24, 2.45) is 0 Å². The average Bonchev–Trinajstić information content (AvgIpc) is 2.25.